The smallest absolute Gasteiger partial charge is 0.253 e. The lowest BCUT2D eigenvalue weighted by molar-refractivity contribution is 0.200. The second kappa shape index (κ2) is 10.9. The topological polar surface area (TPSA) is 92.2 Å². The fraction of sp³-hybridized carbons (Fsp3) is 0.267. The van der Waals surface area contributed by atoms with Crippen LogP contribution in [0.15, 0.2) is 77.6 Å². The molecule has 10 heteroatoms. The Bertz CT molecular complexity index is 1690. The van der Waals surface area contributed by atoms with Crippen molar-refractivity contribution < 1.29 is 9.13 Å². The molecule has 9 nitrogen and oxygen atoms in total. The molecule has 1 fully saturated rings. The second-order valence-electron chi connectivity index (χ2n) is 10.1. The molecule has 0 amide bonds. The zero-order chi connectivity index (χ0) is 27.6. The summed E-state index contributed by atoms with van der Waals surface area (Å²) in [4.78, 5) is 20.8. The number of nitrogens with one attached hydrogen (secondary N) is 1. The predicted octanol–water partition coefficient (Wildman–Crippen LogP) is 3.93. The zero-order valence-electron chi connectivity index (χ0n) is 22.4. The molecule has 1 N–H and O–H groups in total. The standard InChI is InChI=1S/C30H30FN7O2/c1-20-7-12-26-22(17-20)18-24(30(39)32-26)28(37-15-13-36(14-16-37)27-6-4-3-5-25(27)31)29-33-34-35-38(29)19-21-8-10-23(40-2)11-9-21/h3-12,17-18,28H,13-16,19H2,1-2H3,(H,32,39)/t28-/m0/s1. The molecular weight excluding hydrogens is 509 g/mol. The summed E-state index contributed by atoms with van der Waals surface area (Å²) in [5.41, 5.74) is 3.85. The van der Waals surface area contributed by atoms with Crippen molar-refractivity contribution in [3.05, 3.63) is 111 Å². The van der Waals surface area contributed by atoms with E-state index in [2.05, 4.69) is 31.5 Å². The maximum absolute atomic E-state index is 14.5. The van der Waals surface area contributed by atoms with Crippen molar-refractivity contribution in [2.45, 2.75) is 19.5 Å². The van der Waals surface area contributed by atoms with Gasteiger partial charge in [0.2, 0.25) is 0 Å². The molecule has 0 radical (unpaired) electrons. The van der Waals surface area contributed by atoms with Gasteiger partial charge in [0.25, 0.3) is 5.56 Å². The van der Waals surface area contributed by atoms with Gasteiger partial charge in [0.1, 0.15) is 17.6 Å². The van der Waals surface area contributed by atoms with Gasteiger partial charge >= 0.3 is 0 Å². The molecule has 3 aromatic carbocycles. The van der Waals surface area contributed by atoms with Crippen molar-refractivity contribution in [1.82, 2.24) is 30.1 Å². The number of ether oxygens (including phenoxy) is 1. The molecule has 0 aliphatic carbocycles. The van der Waals surface area contributed by atoms with Crippen LogP contribution in [0.4, 0.5) is 10.1 Å². The van der Waals surface area contributed by atoms with Crippen molar-refractivity contribution in [1.29, 1.82) is 0 Å². The van der Waals surface area contributed by atoms with Crippen LogP contribution < -0.4 is 15.2 Å². The van der Waals surface area contributed by atoms with Crippen molar-refractivity contribution in [3.63, 3.8) is 0 Å². The number of piperazine rings is 1. The number of para-hydroxylation sites is 1. The third-order valence-corrected chi connectivity index (χ3v) is 7.49. The number of pyridine rings is 1. The minimum absolute atomic E-state index is 0.183. The lowest BCUT2D eigenvalue weighted by atomic mass is 10.0. The number of halogens is 1. The molecule has 0 unspecified atom stereocenters. The van der Waals surface area contributed by atoms with Crippen LogP contribution in [0.3, 0.4) is 0 Å². The number of nitrogens with zero attached hydrogens (tertiary/aromatic N) is 6. The fourth-order valence-electron chi connectivity index (χ4n) is 5.40. The van der Waals surface area contributed by atoms with Crippen LogP contribution in [0.5, 0.6) is 5.75 Å². The third-order valence-electron chi connectivity index (χ3n) is 7.49. The highest BCUT2D eigenvalue weighted by molar-refractivity contribution is 5.79. The van der Waals surface area contributed by atoms with Crippen LogP contribution in [0.2, 0.25) is 0 Å². The highest BCUT2D eigenvalue weighted by Gasteiger charge is 2.33. The number of anilines is 1. The van der Waals surface area contributed by atoms with Gasteiger partial charge in [-0.2, -0.15) is 0 Å². The van der Waals surface area contributed by atoms with Gasteiger partial charge in [0, 0.05) is 37.3 Å². The number of hydrogen-bond donors (Lipinski definition) is 1. The molecular formula is C30H30FN7O2. The van der Waals surface area contributed by atoms with E-state index in [0.717, 1.165) is 27.8 Å². The maximum atomic E-state index is 14.5. The summed E-state index contributed by atoms with van der Waals surface area (Å²) in [7, 11) is 1.63. The number of aromatic nitrogens is 5. The molecule has 0 bridgehead atoms. The quantitative estimate of drug-likeness (QED) is 0.335. The summed E-state index contributed by atoms with van der Waals surface area (Å²) in [6, 6.07) is 22.0. The molecule has 3 heterocycles. The summed E-state index contributed by atoms with van der Waals surface area (Å²) in [6.45, 7) is 4.85. The zero-order valence-corrected chi connectivity index (χ0v) is 22.4. The Morgan fingerprint density at radius 3 is 2.52 bits per heavy atom. The molecule has 1 aliphatic rings. The first kappa shape index (κ1) is 25.7. The number of H-pyrrole nitrogens is 1. The van der Waals surface area contributed by atoms with E-state index in [9.17, 15) is 9.18 Å². The Kier molecular flexibility index (Phi) is 7.00. The van der Waals surface area contributed by atoms with Gasteiger partial charge in [0.05, 0.1) is 19.3 Å². The molecule has 2 aromatic heterocycles. The van der Waals surface area contributed by atoms with E-state index in [1.165, 1.54) is 6.07 Å². The van der Waals surface area contributed by atoms with E-state index in [4.69, 9.17) is 4.74 Å². The summed E-state index contributed by atoms with van der Waals surface area (Å²) in [5.74, 6) is 1.11. The molecule has 6 rings (SSSR count). The van der Waals surface area contributed by atoms with Crippen LogP contribution in [0, 0.1) is 12.7 Å². The lowest BCUT2D eigenvalue weighted by Gasteiger charge is -2.39. The Labute approximate surface area is 230 Å². The van der Waals surface area contributed by atoms with E-state index >= 15 is 0 Å². The SMILES string of the molecule is COc1ccc(Cn2nnnc2[C@H](c2cc3cc(C)ccc3[nH]c2=O)N2CCN(c3ccccc3F)CC2)cc1. The first-order valence-corrected chi connectivity index (χ1v) is 13.3. The number of aromatic amines is 1. The number of fused-ring (bicyclic) bond motifs is 1. The maximum Gasteiger partial charge on any atom is 0.253 e. The van der Waals surface area contributed by atoms with E-state index in [1.54, 1.807) is 23.9 Å². The number of hydrogen-bond acceptors (Lipinski definition) is 7. The first-order valence-electron chi connectivity index (χ1n) is 13.3. The summed E-state index contributed by atoms with van der Waals surface area (Å²) >= 11 is 0. The summed E-state index contributed by atoms with van der Waals surface area (Å²) in [5, 5.41) is 13.7. The van der Waals surface area contributed by atoms with Crippen molar-refractivity contribution in [2.75, 3.05) is 38.2 Å². The number of tetrazole rings is 1. The largest absolute Gasteiger partial charge is 0.497 e. The minimum Gasteiger partial charge on any atom is -0.497 e. The molecule has 5 aromatic rings. The van der Waals surface area contributed by atoms with Crippen LogP contribution in [-0.2, 0) is 6.54 Å². The third kappa shape index (κ3) is 5.05. The van der Waals surface area contributed by atoms with Gasteiger partial charge in [-0.25, -0.2) is 9.07 Å². The Morgan fingerprint density at radius 1 is 1.00 bits per heavy atom. The molecule has 40 heavy (non-hydrogen) atoms. The van der Waals surface area contributed by atoms with Crippen LogP contribution in [0.1, 0.15) is 28.6 Å². The van der Waals surface area contributed by atoms with Crippen molar-refractivity contribution in [2.24, 2.45) is 0 Å². The molecule has 0 saturated carbocycles. The number of benzene rings is 3. The Morgan fingerprint density at radius 2 is 1.77 bits per heavy atom. The van der Waals surface area contributed by atoms with Crippen LogP contribution >= 0.6 is 0 Å². The van der Waals surface area contributed by atoms with E-state index < -0.39 is 6.04 Å². The normalized spacial score (nSPS) is 14.9. The number of aryl methyl sites for hydroxylation is 1. The molecule has 1 saturated heterocycles. The fourth-order valence-corrected chi connectivity index (χ4v) is 5.40. The Hall–Kier alpha value is -4.57. The predicted molar refractivity (Wildman–Crippen MR) is 151 cm³/mol. The van der Waals surface area contributed by atoms with Gasteiger partial charge in [-0.1, -0.05) is 35.9 Å². The highest BCUT2D eigenvalue weighted by Crippen LogP contribution is 2.30. The Balaban J connectivity index is 1.38. The van der Waals surface area contributed by atoms with Crippen molar-refractivity contribution in [3.8, 4) is 5.75 Å². The number of rotatable bonds is 7. The van der Waals surface area contributed by atoms with Crippen molar-refractivity contribution >= 4 is 16.6 Å². The number of methoxy groups -OCH3 is 1. The van der Waals surface area contributed by atoms with Gasteiger partial charge in [-0.15, -0.1) is 5.10 Å². The van der Waals surface area contributed by atoms with Crippen LogP contribution in [0.25, 0.3) is 10.9 Å². The monoisotopic (exact) mass is 539 g/mol. The summed E-state index contributed by atoms with van der Waals surface area (Å²) in [6.07, 6.45) is 0. The lowest BCUT2D eigenvalue weighted by Crippen LogP contribution is -2.49. The first-order chi connectivity index (χ1) is 19.5. The average Bonchev–Trinajstić information content (AvgIpc) is 3.42. The molecule has 1 aliphatic heterocycles. The minimum atomic E-state index is -0.496. The van der Waals surface area contributed by atoms with E-state index in [0.29, 0.717) is 49.8 Å². The second-order valence-corrected chi connectivity index (χ2v) is 10.1. The summed E-state index contributed by atoms with van der Waals surface area (Å²) < 4.78 is 21.6. The van der Waals surface area contributed by atoms with Gasteiger partial charge in [-0.3, -0.25) is 9.69 Å². The molecule has 204 valence electrons. The van der Waals surface area contributed by atoms with E-state index in [1.807, 2.05) is 60.4 Å². The average molecular weight is 540 g/mol. The molecule has 0 spiro atoms. The van der Waals surface area contributed by atoms with Gasteiger partial charge < -0.3 is 14.6 Å². The van der Waals surface area contributed by atoms with Crippen LogP contribution in [-0.4, -0.2) is 63.4 Å². The molecule has 1 atom stereocenters. The highest BCUT2D eigenvalue weighted by atomic mass is 19.1. The van der Waals surface area contributed by atoms with E-state index in [-0.39, 0.29) is 11.4 Å². The van der Waals surface area contributed by atoms with Gasteiger partial charge in [-0.05, 0) is 70.8 Å². The van der Waals surface area contributed by atoms with Gasteiger partial charge in [0.15, 0.2) is 5.82 Å².